The number of aromatic nitrogens is 1. The number of anilines is 1. The van der Waals surface area contributed by atoms with E-state index in [0.717, 1.165) is 0 Å². The fourth-order valence-electron chi connectivity index (χ4n) is 1.54. The van der Waals surface area contributed by atoms with Gasteiger partial charge in [-0.15, -0.1) is 0 Å². The van der Waals surface area contributed by atoms with E-state index in [2.05, 4.69) is 10.5 Å². The summed E-state index contributed by atoms with van der Waals surface area (Å²) in [6.45, 7) is 1.17. The van der Waals surface area contributed by atoms with Crippen LogP contribution in [0.15, 0.2) is 34.9 Å². The van der Waals surface area contributed by atoms with E-state index in [4.69, 9.17) is 14.5 Å². The van der Waals surface area contributed by atoms with Crippen LogP contribution in [0.3, 0.4) is 0 Å². The Morgan fingerprint density at radius 2 is 2.19 bits per heavy atom. The molecule has 1 heterocycles. The predicted molar refractivity (Wildman–Crippen MR) is 71.3 cm³/mol. The van der Waals surface area contributed by atoms with Crippen molar-refractivity contribution in [3.05, 3.63) is 47.3 Å². The number of benzene rings is 1. The molecule has 2 rings (SSSR count). The molecule has 1 aromatic heterocycles. The molecule has 0 unspecified atom stereocenters. The Labute approximate surface area is 120 Å². The summed E-state index contributed by atoms with van der Waals surface area (Å²) in [4.78, 5) is 23.2. The highest BCUT2D eigenvalue weighted by Gasteiger charge is 2.15. The van der Waals surface area contributed by atoms with E-state index in [1.54, 1.807) is 31.2 Å². The summed E-state index contributed by atoms with van der Waals surface area (Å²) in [7, 11) is 0. The Morgan fingerprint density at radius 1 is 1.43 bits per heavy atom. The SMILES string of the molecule is Cc1cc(C(=O)OCC(=O)Nc2ccccc2C#N)on1. The number of aryl methyl sites for hydroxylation is 1. The third kappa shape index (κ3) is 3.67. The molecule has 2 aromatic rings. The number of esters is 1. The summed E-state index contributed by atoms with van der Waals surface area (Å²) in [5.41, 5.74) is 1.22. The van der Waals surface area contributed by atoms with Gasteiger partial charge in [0, 0.05) is 6.07 Å². The lowest BCUT2D eigenvalue weighted by Gasteiger charge is -2.06. The Hall–Kier alpha value is -3.14. The molecule has 0 aliphatic heterocycles. The summed E-state index contributed by atoms with van der Waals surface area (Å²) < 4.78 is 9.50. The molecular weight excluding hydrogens is 274 g/mol. The number of carbonyl (C=O) groups excluding carboxylic acids is 2. The number of nitrogens with one attached hydrogen (secondary N) is 1. The number of ether oxygens (including phenoxy) is 1. The monoisotopic (exact) mass is 285 g/mol. The molecule has 0 atom stereocenters. The maximum Gasteiger partial charge on any atom is 0.377 e. The van der Waals surface area contributed by atoms with E-state index in [1.807, 2.05) is 6.07 Å². The van der Waals surface area contributed by atoms with Crippen molar-refractivity contribution in [2.24, 2.45) is 0 Å². The molecule has 1 aromatic carbocycles. The van der Waals surface area contributed by atoms with Crippen molar-refractivity contribution in [2.75, 3.05) is 11.9 Å². The van der Waals surface area contributed by atoms with Gasteiger partial charge in [0.05, 0.1) is 16.9 Å². The zero-order valence-corrected chi connectivity index (χ0v) is 11.1. The minimum atomic E-state index is -0.778. The highest BCUT2D eigenvalue weighted by atomic mass is 16.6. The van der Waals surface area contributed by atoms with Crippen molar-refractivity contribution in [1.29, 1.82) is 5.26 Å². The number of hydrogen-bond acceptors (Lipinski definition) is 6. The van der Waals surface area contributed by atoms with E-state index in [9.17, 15) is 9.59 Å². The molecule has 0 radical (unpaired) electrons. The first-order valence-electron chi connectivity index (χ1n) is 5.99. The second kappa shape index (κ2) is 6.34. The lowest BCUT2D eigenvalue weighted by atomic mass is 10.2. The van der Waals surface area contributed by atoms with Gasteiger partial charge in [0.15, 0.2) is 6.61 Å². The number of carbonyl (C=O) groups is 2. The van der Waals surface area contributed by atoms with Crippen molar-refractivity contribution < 1.29 is 18.8 Å². The van der Waals surface area contributed by atoms with E-state index >= 15 is 0 Å². The Kier molecular flexibility index (Phi) is 4.31. The highest BCUT2D eigenvalue weighted by molar-refractivity contribution is 5.95. The molecule has 7 heteroatoms. The molecule has 7 nitrogen and oxygen atoms in total. The zero-order valence-electron chi connectivity index (χ0n) is 11.1. The molecule has 106 valence electrons. The highest BCUT2D eigenvalue weighted by Crippen LogP contribution is 2.13. The van der Waals surface area contributed by atoms with Crippen molar-refractivity contribution in [3.8, 4) is 6.07 Å². The summed E-state index contributed by atoms with van der Waals surface area (Å²) >= 11 is 0. The Balaban J connectivity index is 1.91. The number of rotatable bonds is 4. The molecular formula is C14H11N3O4. The van der Waals surface area contributed by atoms with E-state index in [0.29, 0.717) is 16.9 Å². The van der Waals surface area contributed by atoms with E-state index in [1.165, 1.54) is 6.07 Å². The maximum absolute atomic E-state index is 11.7. The van der Waals surface area contributed by atoms with Crippen LogP contribution >= 0.6 is 0 Å². The summed E-state index contributed by atoms with van der Waals surface area (Å²) in [5.74, 6) is -1.40. The lowest BCUT2D eigenvalue weighted by Crippen LogP contribution is -2.21. The maximum atomic E-state index is 11.7. The van der Waals surface area contributed by atoms with Gasteiger partial charge in [-0.25, -0.2) is 4.79 Å². The summed E-state index contributed by atoms with van der Waals surface area (Å²) in [6.07, 6.45) is 0. The Bertz CT molecular complexity index is 715. The number of para-hydroxylation sites is 1. The first-order valence-corrected chi connectivity index (χ1v) is 5.99. The van der Waals surface area contributed by atoms with Crippen LogP contribution in [0.5, 0.6) is 0 Å². The van der Waals surface area contributed by atoms with Gasteiger partial charge in [-0.3, -0.25) is 4.79 Å². The van der Waals surface area contributed by atoms with Crippen LogP contribution in [0.1, 0.15) is 21.8 Å². The molecule has 21 heavy (non-hydrogen) atoms. The van der Waals surface area contributed by atoms with Crippen molar-refractivity contribution in [2.45, 2.75) is 6.92 Å². The molecule has 1 N–H and O–H groups in total. The van der Waals surface area contributed by atoms with Gasteiger partial charge < -0.3 is 14.6 Å². The largest absolute Gasteiger partial charge is 0.450 e. The smallest absolute Gasteiger partial charge is 0.377 e. The van der Waals surface area contributed by atoms with Crippen LogP contribution in [-0.2, 0) is 9.53 Å². The summed E-state index contributed by atoms with van der Waals surface area (Å²) in [5, 5.41) is 14.9. The first kappa shape index (κ1) is 14.3. The lowest BCUT2D eigenvalue weighted by molar-refractivity contribution is -0.119. The molecule has 0 spiro atoms. The summed E-state index contributed by atoms with van der Waals surface area (Å²) in [6, 6.07) is 9.87. The van der Waals surface area contributed by atoms with Crippen LogP contribution in [0.4, 0.5) is 5.69 Å². The van der Waals surface area contributed by atoms with Crippen LogP contribution in [-0.4, -0.2) is 23.6 Å². The average molecular weight is 285 g/mol. The second-order valence-corrected chi connectivity index (χ2v) is 4.11. The van der Waals surface area contributed by atoms with Crippen molar-refractivity contribution in [1.82, 2.24) is 5.16 Å². The van der Waals surface area contributed by atoms with Gasteiger partial charge in [-0.05, 0) is 19.1 Å². The van der Waals surface area contributed by atoms with E-state index in [-0.39, 0.29) is 5.76 Å². The molecule has 1 amide bonds. The minimum absolute atomic E-state index is 0.0716. The quantitative estimate of drug-likeness (QED) is 0.856. The van der Waals surface area contributed by atoms with Gasteiger partial charge in [0.2, 0.25) is 5.76 Å². The third-order valence-corrected chi connectivity index (χ3v) is 2.49. The minimum Gasteiger partial charge on any atom is -0.450 e. The van der Waals surface area contributed by atoms with Crippen molar-refractivity contribution in [3.63, 3.8) is 0 Å². The second-order valence-electron chi connectivity index (χ2n) is 4.11. The molecule has 0 fully saturated rings. The average Bonchev–Trinajstić information content (AvgIpc) is 2.92. The fourth-order valence-corrected chi connectivity index (χ4v) is 1.54. The molecule has 0 aliphatic carbocycles. The van der Waals surface area contributed by atoms with Crippen molar-refractivity contribution >= 4 is 17.6 Å². The van der Waals surface area contributed by atoms with Crippen LogP contribution in [0.2, 0.25) is 0 Å². The van der Waals surface area contributed by atoms with E-state index < -0.39 is 18.5 Å². The first-order chi connectivity index (χ1) is 10.1. The third-order valence-electron chi connectivity index (χ3n) is 2.49. The normalized spacial score (nSPS) is 9.71. The number of amides is 1. The van der Waals surface area contributed by atoms with Crippen LogP contribution in [0.25, 0.3) is 0 Å². The molecule has 0 saturated carbocycles. The van der Waals surface area contributed by atoms with Crippen LogP contribution in [0, 0.1) is 18.3 Å². The number of hydrogen-bond donors (Lipinski definition) is 1. The topological polar surface area (TPSA) is 105 Å². The zero-order chi connectivity index (χ0) is 15.2. The molecule has 0 saturated heterocycles. The van der Waals surface area contributed by atoms with Gasteiger partial charge >= 0.3 is 5.97 Å². The van der Waals surface area contributed by atoms with Gasteiger partial charge in [0.1, 0.15) is 6.07 Å². The molecule has 0 aliphatic rings. The van der Waals surface area contributed by atoms with Gasteiger partial charge in [-0.2, -0.15) is 5.26 Å². The Morgan fingerprint density at radius 3 is 2.86 bits per heavy atom. The fraction of sp³-hybridized carbons (Fsp3) is 0.143. The van der Waals surface area contributed by atoms with Gasteiger partial charge in [-0.1, -0.05) is 17.3 Å². The predicted octanol–water partition coefficient (Wildman–Crippen LogP) is 1.65. The standard InChI is InChI=1S/C14H11N3O4/c1-9-6-12(21-17-9)14(19)20-8-13(18)16-11-5-3-2-4-10(11)7-15/h2-6H,8H2,1H3,(H,16,18). The van der Waals surface area contributed by atoms with Crippen LogP contribution < -0.4 is 5.32 Å². The van der Waals surface area contributed by atoms with Gasteiger partial charge in [0.25, 0.3) is 5.91 Å². The number of nitriles is 1. The molecule has 0 bridgehead atoms. The number of nitrogens with zero attached hydrogens (tertiary/aromatic N) is 2.